The first-order chi connectivity index (χ1) is 13.1. The molecule has 7 heteroatoms. The molecule has 28 heavy (non-hydrogen) atoms. The van der Waals surface area contributed by atoms with E-state index in [2.05, 4.69) is 5.32 Å². The van der Waals surface area contributed by atoms with Gasteiger partial charge in [-0.2, -0.15) is 0 Å². The predicted octanol–water partition coefficient (Wildman–Crippen LogP) is 2.08. The molecule has 2 saturated heterocycles. The first-order valence-electron chi connectivity index (χ1n) is 10.3. The summed E-state index contributed by atoms with van der Waals surface area (Å²) in [4.78, 5) is 28.3. The van der Waals surface area contributed by atoms with Crippen LogP contribution >= 0.6 is 12.4 Å². The zero-order valence-electron chi connectivity index (χ0n) is 16.9. The Morgan fingerprint density at radius 1 is 1.25 bits per heavy atom. The second kappa shape index (κ2) is 8.97. The van der Waals surface area contributed by atoms with Crippen LogP contribution in [0.2, 0.25) is 0 Å². The molecule has 156 valence electrons. The fraction of sp³-hybridized carbons (Fsp3) is 0.714. The first kappa shape index (κ1) is 21.3. The summed E-state index contributed by atoms with van der Waals surface area (Å²) in [5.74, 6) is 1.16. The van der Waals surface area contributed by atoms with Gasteiger partial charge in [0, 0.05) is 44.8 Å². The van der Waals surface area contributed by atoms with Crippen molar-refractivity contribution in [2.75, 3.05) is 33.3 Å². The summed E-state index contributed by atoms with van der Waals surface area (Å²) in [5, 5.41) is 3.40. The van der Waals surface area contributed by atoms with Crippen LogP contribution in [-0.2, 0) is 11.3 Å². The van der Waals surface area contributed by atoms with Crippen molar-refractivity contribution < 1.29 is 9.53 Å². The number of nitrogens with zero attached hydrogens (tertiary/aromatic N) is 2. The fourth-order valence-electron chi connectivity index (χ4n) is 5.31. The van der Waals surface area contributed by atoms with Gasteiger partial charge in [0.15, 0.2) is 0 Å². The maximum absolute atomic E-state index is 13.3. The molecule has 3 aliphatic rings. The Balaban J connectivity index is 0.00000225. The lowest BCUT2D eigenvalue weighted by molar-refractivity contribution is -0.0114. The molecule has 4 atom stereocenters. The van der Waals surface area contributed by atoms with Crippen LogP contribution in [0.3, 0.4) is 0 Å². The number of aryl methyl sites for hydroxylation is 1. The van der Waals surface area contributed by atoms with Crippen LogP contribution in [0.15, 0.2) is 17.1 Å². The SMILES string of the molecule is COC1[C@@H]2CC[C@H]1CN(C(=O)c1c(C)ccn(CC3CCCNC3)c1=O)C2.Cl. The lowest BCUT2D eigenvalue weighted by atomic mass is 9.94. The highest BCUT2D eigenvalue weighted by Crippen LogP contribution is 2.38. The number of carbonyl (C=O) groups excluding carboxylic acids is 1. The summed E-state index contributed by atoms with van der Waals surface area (Å²) in [7, 11) is 1.77. The Labute approximate surface area is 173 Å². The molecule has 4 rings (SSSR count). The number of methoxy groups -OCH3 is 1. The van der Waals surface area contributed by atoms with Crippen molar-refractivity contribution in [1.29, 1.82) is 0 Å². The van der Waals surface area contributed by atoms with E-state index in [1.807, 2.05) is 24.1 Å². The van der Waals surface area contributed by atoms with Crippen molar-refractivity contribution >= 4 is 18.3 Å². The van der Waals surface area contributed by atoms with Gasteiger partial charge in [-0.15, -0.1) is 12.4 Å². The minimum absolute atomic E-state index is 0. The molecule has 3 fully saturated rings. The number of halogens is 1. The highest BCUT2D eigenvalue weighted by Gasteiger charge is 2.44. The average Bonchev–Trinajstić information content (AvgIpc) is 2.92. The monoisotopic (exact) mass is 409 g/mol. The van der Waals surface area contributed by atoms with E-state index in [0.717, 1.165) is 44.3 Å². The lowest BCUT2D eigenvalue weighted by Crippen LogP contribution is -2.49. The second-order valence-corrected chi connectivity index (χ2v) is 8.55. The van der Waals surface area contributed by atoms with Crippen LogP contribution in [0.25, 0.3) is 0 Å². The van der Waals surface area contributed by atoms with E-state index >= 15 is 0 Å². The predicted molar refractivity (Wildman–Crippen MR) is 111 cm³/mol. The summed E-state index contributed by atoms with van der Waals surface area (Å²) in [6.45, 7) is 5.96. The zero-order valence-corrected chi connectivity index (χ0v) is 17.7. The van der Waals surface area contributed by atoms with Gasteiger partial charge in [-0.3, -0.25) is 9.59 Å². The average molecular weight is 410 g/mol. The molecule has 2 bridgehead atoms. The van der Waals surface area contributed by atoms with E-state index in [1.54, 1.807) is 11.7 Å². The first-order valence-corrected chi connectivity index (χ1v) is 10.3. The number of fused-ring (bicyclic) bond motifs is 2. The number of piperidine rings is 2. The number of carbonyl (C=O) groups is 1. The van der Waals surface area contributed by atoms with E-state index in [0.29, 0.717) is 43.0 Å². The van der Waals surface area contributed by atoms with Crippen molar-refractivity contribution in [2.45, 2.75) is 45.3 Å². The molecule has 2 aliphatic heterocycles. The van der Waals surface area contributed by atoms with Gasteiger partial charge in [0.1, 0.15) is 5.56 Å². The summed E-state index contributed by atoms with van der Waals surface area (Å²) in [5.41, 5.74) is 1.01. The minimum atomic E-state index is -0.133. The van der Waals surface area contributed by atoms with Crippen molar-refractivity contribution in [3.8, 4) is 0 Å². The quantitative estimate of drug-likeness (QED) is 0.826. The van der Waals surface area contributed by atoms with E-state index < -0.39 is 0 Å². The van der Waals surface area contributed by atoms with Crippen molar-refractivity contribution in [1.82, 2.24) is 14.8 Å². The smallest absolute Gasteiger partial charge is 0.263 e. The maximum atomic E-state index is 13.3. The third kappa shape index (κ3) is 4.00. The number of ether oxygens (including phenoxy) is 1. The van der Waals surface area contributed by atoms with Gasteiger partial charge in [0.05, 0.1) is 6.10 Å². The molecule has 1 amide bonds. The van der Waals surface area contributed by atoms with Crippen molar-refractivity contribution in [3.05, 3.63) is 33.7 Å². The Hall–Kier alpha value is -1.37. The largest absolute Gasteiger partial charge is 0.381 e. The molecular formula is C21H32ClN3O3. The standard InChI is InChI=1S/C21H31N3O3.ClH/c1-14-7-9-23(11-15-4-3-8-22-10-15)20(25)18(14)21(26)24-12-16-5-6-17(13-24)19(16)27-2;/h7,9,15-17,19,22H,3-6,8,10-13H2,1-2H3;1H/t15?,16-,17+,19?;. The normalized spacial score (nSPS) is 29.4. The molecule has 1 aromatic heterocycles. The van der Waals surface area contributed by atoms with E-state index in [-0.39, 0.29) is 30.0 Å². The van der Waals surface area contributed by atoms with Crippen LogP contribution in [0.4, 0.5) is 0 Å². The Morgan fingerprint density at radius 2 is 1.96 bits per heavy atom. The van der Waals surface area contributed by atoms with E-state index in [4.69, 9.17) is 4.74 Å². The summed E-state index contributed by atoms with van der Waals surface area (Å²) < 4.78 is 7.40. The number of rotatable bonds is 4. The highest BCUT2D eigenvalue weighted by atomic mass is 35.5. The molecule has 3 heterocycles. The van der Waals surface area contributed by atoms with Crippen LogP contribution in [0.5, 0.6) is 0 Å². The second-order valence-electron chi connectivity index (χ2n) is 8.55. The van der Waals surface area contributed by atoms with Crippen LogP contribution in [0.1, 0.15) is 41.6 Å². The molecule has 1 saturated carbocycles. The van der Waals surface area contributed by atoms with Crippen molar-refractivity contribution in [2.24, 2.45) is 17.8 Å². The van der Waals surface area contributed by atoms with Gasteiger partial charge in [-0.05, 0) is 63.2 Å². The minimum Gasteiger partial charge on any atom is -0.381 e. The number of pyridine rings is 1. The van der Waals surface area contributed by atoms with Crippen LogP contribution in [-0.4, -0.2) is 54.8 Å². The van der Waals surface area contributed by atoms with Gasteiger partial charge in [0.25, 0.3) is 11.5 Å². The maximum Gasteiger partial charge on any atom is 0.263 e. The van der Waals surface area contributed by atoms with Crippen molar-refractivity contribution in [3.63, 3.8) is 0 Å². The molecule has 2 unspecified atom stereocenters. The van der Waals surface area contributed by atoms with E-state index in [1.165, 1.54) is 0 Å². The Bertz CT molecular complexity index is 746. The number of hydrogen-bond donors (Lipinski definition) is 1. The van der Waals surface area contributed by atoms with Gasteiger partial charge in [-0.1, -0.05) is 0 Å². The highest BCUT2D eigenvalue weighted by molar-refractivity contribution is 5.95. The molecule has 0 spiro atoms. The number of likely N-dealkylation sites (tertiary alicyclic amines) is 1. The number of hydrogen-bond acceptors (Lipinski definition) is 4. The summed E-state index contributed by atoms with van der Waals surface area (Å²) in [6.07, 6.45) is 6.61. The van der Waals surface area contributed by atoms with Crippen LogP contribution < -0.4 is 10.9 Å². The number of amides is 1. The number of nitrogens with one attached hydrogen (secondary N) is 1. The molecule has 0 aromatic carbocycles. The summed E-state index contributed by atoms with van der Waals surface area (Å²) >= 11 is 0. The molecule has 6 nitrogen and oxygen atoms in total. The molecule has 1 aliphatic carbocycles. The summed E-state index contributed by atoms with van der Waals surface area (Å²) in [6, 6.07) is 1.92. The zero-order chi connectivity index (χ0) is 19.0. The lowest BCUT2D eigenvalue weighted by Gasteiger charge is -2.37. The van der Waals surface area contributed by atoms with Gasteiger partial charge in [-0.25, -0.2) is 0 Å². The Kier molecular flexibility index (Phi) is 6.84. The van der Waals surface area contributed by atoms with Gasteiger partial charge < -0.3 is 19.5 Å². The topological polar surface area (TPSA) is 63.6 Å². The fourth-order valence-corrected chi connectivity index (χ4v) is 5.31. The molecule has 0 radical (unpaired) electrons. The Morgan fingerprint density at radius 3 is 2.57 bits per heavy atom. The van der Waals surface area contributed by atoms with Gasteiger partial charge >= 0.3 is 0 Å². The van der Waals surface area contributed by atoms with Gasteiger partial charge in [0.2, 0.25) is 0 Å². The van der Waals surface area contributed by atoms with Crippen LogP contribution in [0, 0.1) is 24.7 Å². The molecule has 1 aromatic rings. The third-order valence-electron chi connectivity index (χ3n) is 6.75. The molecule has 1 N–H and O–H groups in total. The third-order valence-corrected chi connectivity index (χ3v) is 6.75. The number of aromatic nitrogens is 1. The molecular weight excluding hydrogens is 378 g/mol. The van der Waals surface area contributed by atoms with E-state index in [9.17, 15) is 9.59 Å².